The van der Waals surface area contributed by atoms with Crippen molar-refractivity contribution in [3.05, 3.63) is 131 Å². The Morgan fingerprint density at radius 3 is 2.10 bits per heavy atom. The number of likely N-dealkylation sites (N-methyl/N-ethyl adjacent to an activating group) is 1. The standard InChI is InChI=1S/C46H48N2O4/c1-8-47-36-23-21-32-15-11-13-17-34(32)40(36)44(4,5)38(47)25-19-30-27-31(29-46(28-30,42(49)50)43(51)52-10-3)20-26-39-45(6,7)41-35-18-14-12-16-33(35)22-24-37(41)48(39)9-2/h11-27H,8-10,28-29H2,1-7H3/p+1. The number of allylic oxidation sites excluding steroid dienone is 8. The van der Waals surface area contributed by atoms with Crippen molar-refractivity contribution in [2.24, 2.45) is 5.41 Å². The number of hydrogen-bond donors (Lipinski definition) is 1. The van der Waals surface area contributed by atoms with E-state index in [1.165, 1.54) is 44.0 Å². The predicted molar refractivity (Wildman–Crippen MR) is 212 cm³/mol. The Morgan fingerprint density at radius 2 is 1.46 bits per heavy atom. The fraction of sp³-hybridized carbons (Fsp3) is 0.326. The van der Waals surface area contributed by atoms with Crippen molar-refractivity contribution in [1.82, 2.24) is 0 Å². The van der Waals surface area contributed by atoms with Gasteiger partial charge >= 0.3 is 11.9 Å². The molecule has 2 aliphatic heterocycles. The van der Waals surface area contributed by atoms with Crippen LogP contribution in [0.5, 0.6) is 0 Å². The topological polar surface area (TPSA) is 69.9 Å². The highest BCUT2D eigenvalue weighted by atomic mass is 16.5. The lowest BCUT2D eigenvalue weighted by Gasteiger charge is -2.32. The Kier molecular flexibility index (Phi) is 8.85. The minimum absolute atomic E-state index is 0.0469. The van der Waals surface area contributed by atoms with Gasteiger partial charge in [-0.05, 0) is 104 Å². The molecular weight excluding hydrogens is 645 g/mol. The van der Waals surface area contributed by atoms with E-state index >= 15 is 0 Å². The first-order chi connectivity index (χ1) is 24.9. The number of aliphatic carboxylic acids is 1. The van der Waals surface area contributed by atoms with Crippen LogP contribution in [0.25, 0.3) is 21.5 Å². The average molecular weight is 694 g/mol. The molecule has 0 aromatic heterocycles. The zero-order valence-corrected chi connectivity index (χ0v) is 31.4. The average Bonchev–Trinajstić information content (AvgIpc) is 3.50. The molecule has 0 saturated carbocycles. The van der Waals surface area contributed by atoms with Crippen molar-refractivity contribution in [2.75, 3.05) is 24.6 Å². The molecular formula is C46H49N2O4+. The van der Waals surface area contributed by atoms with Gasteiger partial charge in [0.25, 0.3) is 0 Å². The summed E-state index contributed by atoms with van der Waals surface area (Å²) in [7, 11) is 0. The molecule has 4 aromatic carbocycles. The molecule has 4 aromatic rings. The largest absolute Gasteiger partial charge is 0.480 e. The van der Waals surface area contributed by atoms with E-state index in [4.69, 9.17) is 4.74 Å². The smallest absolute Gasteiger partial charge is 0.324 e. The van der Waals surface area contributed by atoms with Gasteiger partial charge in [0.15, 0.2) is 11.1 Å². The fourth-order valence-corrected chi connectivity index (χ4v) is 9.09. The maximum Gasteiger partial charge on any atom is 0.324 e. The van der Waals surface area contributed by atoms with Gasteiger partial charge in [-0.15, -0.1) is 0 Å². The third kappa shape index (κ3) is 5.42. The van der Waals surface area contributed by atoms with E-state index < -0.39 is 17.4 Å². The van der Waals surface area contributed by atoms with E-state index in [2.05, 4.69) is 142 Å². The van der Waals surface area contributed by atoms with Crippen LogP contribution in [0.15, 0.2) is 120 Å². The van der Waals surface area contributed by atoms with Gasteiger partial charge in [-0.3, -0.25) is 9.59 Å². The zero-order chi connectivity index (χ0) is 37.0. The van der Waals surface area contributed by atoms with Crippen molar-refractivity contribution in [1.29, 1.82) is 0 Å². The van der Waals surface area contributed by atoms with Crippen LogP contribution >= 0.6 is 0 Å². The normalized spacial score (nSPS) is 22.1. The van der Waals surface area contributed by atoms with Crippen LogP contribution in [0.1, 0.15) is 72.4 Å². The summed E-state index contributed by atoms with van der Waals surface area (Å²) in [4.78, 5) is 29.1. The van der Waals surface area contributed by atoms with Gasteiger partial charge in [0.2, 0.25) is 5.69 Å². The second kappa shape index (κ2) is 13.1. The summed E-state index contributed by atoms with van der Waals surface area (Å²) in [5.41, 5.74) is 6.44. The maximum atomic E-state index is 13.6. The van der Waals surface area contributed by atoms with Crippen LogP contribution in [0.4, 0.5) is 11.4 Å². The number of ether oxygens (including phenoxy) is 1. The second-order valence-electron chi connectivity index (χ2n) is 15.3. The molecule has 6 heteroatoms. The number of fused-ring (bicyclic) bond motifs is 6. The quantitative estimate of drug-likeness (QED) is 0.113. The second-order valence-corrected chi connectivity index (χ2v) is 15.3. The van der Waals surface area contributed by atoms with Crippen molar-refractivity contribution < 1.29 is 24.0 Å². The summed E-state index contributed by atoms with van der Waals surface area (Å²) in [6.07, 6.45) is 10.5. The highest BCUT2D eigenvalue weighted by molar-refractivity contribution is 6.08. The Labute approximate surface area is 307 Å². The molecule has 2 heterocycles. The van der Waals surface area contributed by atoms with Gasteiger partial charge in [-0.2, -0.15) is 4.58 Å². The minimum atomic E-state index is -1.73. The van der Waals surface area contributed by atoms with Gasteiger partial charge in [-0.25, -0.2) is 0 Å². The van der Waals surface area contributed by atoms with Crippen molar-refractivity contribution in [2.45, 2.75) is 72.1 Å². The number of benzene rings is 4. The molecule has 0 fully saturated rings. The van der Waals surface area contributed by atoms with Gasteiger partial charge in [-0.1, -0.05) is 86.7 Å². The molecule has 0 saturated heterocycles. The van der Waals surface area contributed by atoms with Gasteiger partial charge in [0.1, 0.15) is 6.54 Å². The van der Waals surface area contributed by atoms with Gasteiger partial charge in [0.05, 0.1) is 12.0 Å². The Bertz CT molecular complexity index is 2300. The maximum absolute atomic E-state index is 13.6. The van der Waals surface area contributed by atoms with Crippen molar-refractivity contribution in [3.8, 4) is 0 Å². The van der Waals surface area contributed by atoms with Crippen LogP contribution < -0.4 is 4.90 Å². The number of carbonyl (C=O) groups is 2. The van der Waals surface area contributed by atoms with E-state index in [1.807, 2.05) is 12.2 Å². The predicted octanol–water partition coefficient (Wildman–Crippen LogP) is 9.93. The monoisotopic (exact) mass is 693 g/mol. The summed E-state index contributed by atoms with van der Waals surface area (Å²) < 4.78 is 7.81. The molecule has 1 N–H and O–H groups in total. The molecule has 3 aliphatic rings. The summed E-state index contributed by atoms with van der Waals surface area (Å²) in [6.45, 7) is 16.7. The van der Waals surface area contributed by atoms with Crippen LogP contribution in [0, 0.1) is 5.41 Å². The van der Waals surface area contributed by atoms with E-state index in [0.29, 0.717) is 0 Å². The summed E-state index contributed by atoms with van der Waals surface area (Å²) >= 11 is 0. The first kappa shape index (κ1) is 35.2. The van der Waals surface area contributed by atoms with Gasteiger partial charge in [0, 0.05) is 41.1 Å². The number of carboxylic acids is 1. The Balaban J connectivity index is 1.33. The van der Waals surface area contributed by atoms with Gasteiger partial charge < -0.3 is 14.7 Å². The van der Waals surface area contributed by atoms with Crippen LogP contribution in [0.3, 0.4) is 0 Å². The molecule has 6 nitrogen and oxygen atoms in total. The SMILES string of the molecule is CCOC(=O)C1(C(=O)O)CC(/C=C/C2=[N+](CC)c3ccc4ccccc4c3C2(C)C)=CC(=C/C=C2/N(CC)c3ccc4ccccc4c3C2(C)C)/C1. The fourth-order valence-electron chi connectivity index (χ4n) is 9.09. The highest BCUT2D eigenvalue weighted by Gasteiger charge is 2.51. The molecule has 266 valence electrons. The Morgan fingerprint density at radius 1 is 0.808 bits per heavy atom. The summed E-state index contributed by atoms with van der Waals surface area (Å²) in [5, 5.41) is 15.6. The lowest BCUT2D eigenvalue weighted by molar-refractivity contribution is -0.433. The van der Waals surface area contributed by atoms with Crippen molar-refractivity contribution in [3.63, 3.8) is 0 Å². The van der Waals surface area contributed by atoms with Crippen LogP contribution in [-0.4, -0.2) is 47.0 Å². The molecule has 0 amide bonds. The first-order valence-corrected chi connectivity index (χ1v) is 18.6. The molecule has 7 rings (SSSR count). The summed E-state index contributed by atoms with van der Waals surface area (Å²) in [5.74, 6) is -1.86. The third-order valence-corrected chi connectivity index (χ3v) is 11.5. The van der Waals surface area contributed by atoms with Crippen LogP contribution in [0.2, 0.25) is 0 Å². The number of esters is 1. The molecule has 52 heavy (non-hydrogen) atoms. The molecule has 0 radical (unpaired) electrons. The number of nitrogens with zero attached hydrogens (tertiary/aromatic N) is 2. The van der Waals surface area contributed by atoms with E-state index in [1.54, 1.807) is 6.92 Å². The van der Waals surface area contributed by atoms with E-state index in [-0.39, 0.29) is 30.3 Å². The lowest BCUT2D eigenvalue weighted by Crippen LogP contribution is -2.42. The number of carbonyl (C=O) groups excluding carboxylic acids is 1. The van der Waals surface area contributed by atoms with E-state index in [9.17, 15) is 14.7 Å². The Hall–Kier alpha value is -5.23. The lowest BCUT2D eigenvalue weighted by atomic mass is 9.71. The molecule has 0 bridgehead atoms. The number of anilines is 1. The number of rotatable bonds is 8. The number of hydrogen-bond acceptors (Lipinski definition) is 4. The van der Waals surface area contributed by atoms with Crippen LogP contribution in [-0.2, 0) is 25.2 Å². The third-order valence-electron chi connectivity index (χ3n) is 11.5. The molecule has 1 aliphatic carbocycles. The minimum Gasteiger partial charge on any atom is -0.480 e. The summed E-state index contributed by atoms with van der Waals surface area (Å²) in [6, 6.07) is 25.8. The number of carboxylic acid groups (broad SMARTS) is 1. The first-order valence-electron chi connectivity index (χ1n) is 18.6. The zero-order valence-electron chi connectivity index (χ0n) is 31.4. The highest BCUT2D eigenvalue weighted by Crippen LogP contribution is 2.51. The molecule has 0 spiro atoms. The molecule has 1 unspecified atom stereocenters. The molecule has 1 atom stereocenters. The van der Waals surface area contributed by atoms with Crippen molar-refractivity contribution >= 4 is 50.6 Å². The van der Waals surface area contributed by atoms with E-state index in [0.717, 1.165) is 35.6 Å².